The summed E-state index contributed by atoms with van der Waals surface area (Å²) in [4.78, 5) is 3.89. The SMILES string of the molecule is O=S(=O)(c1ccc(CSc2nc3cc(Cl)ccc3o2)cc1)C(F)F. The largest absolute Gasteiger partial charge is 0.431 e. The van der Waals surface area contributed by atoms with E-state index in [1.54, 1.807) is 18.2 Å². The van der Waals surface area contributed by atoms with E-state index in [9.17, 15) is 17.2 Å². The first-order chi connectivity index (χ1) is 11.4. The van der Waals surface area contributed by atoms with Crippen LogP contribution in [0.1, 0.15) is 5.56 Å². The van der Waals surface area contributed by atoms with Crippen molar-refractivity contribution in [1.29, 1.82) is 0 Å². The van der Waals surface area contributed by atoms with Gasteiger partial charge in [0.2, 0.25) is 9.84 Å². The fourth-order valence-electron chi connectivity index (χ4n) is 1.96. The Morgan fingerprint density at radius 3 is 2.54 bits per heavy atom. The maximum absolute atomic E-state index is 12.5. The van der Waals surface area contributed by atoms with Crippen molar-refractivity contribution in [2.75, 3.05) is 0 Å². The minimum atomic E-state index is -4.57. The van der Waals surface area contributed by atoms with Crippen LogP contribution in [0.3, 0.4) is 0 Å². The third kappa shape index (κ3) is 3.55. The summed E-state index contributed by atoms with van der Waals surface area (Å²) >= 11 is 7.19. The predicted octanol–water partition coefficient (Wildman–Crippen LogP) is 4.77. The molecule has 0 atom stereocenters. The number of oxazole rings is 1. The molecule has 1 aromatic heterocycles. The topological polar surface area (TPSA) is 60.2 Å². The highest BCUT2D eigenvalue weighted by Crippen LogP contribution is 2.28. The molecule has 0 N–H and O–H groups in total. The normalized spacial score (nSPS) is 12.2. The number of halogens is 3. The summed E-state index contributed by atoms with van der Waals surface area (Å²) in [6.07, 6.45) is 0. The lowest BCUT2D eigenvalue weighted by Crippen LogP contribution is -2.11. The number of rotatable bonds is 5. The molecular formula is C15H10ClF2NO3S2. The van der Waals surface area contributed by atoms with Gasteiger partial charge >= 0.3 is 5.76 Å². The van der Waals surface area contributed by atoms with Crippen molar-refractivity contribution in [3.63, 3.8) is 0 Å². The Morgan fingerprint density at radius 2 is 1.88 bits per heavy atom. The minimum Gasteiger partial charge on any atom is -0.431 e. The van der Waals surface area contributed by atoms with E-state index in [1.807, 2.05) is 0 Å². The summed E-state index contributed by atoms with van der Waals surface area (Å²) in [6, 6.07) is 10.4. The van der Waals surface area contributed by atoms with Crippen LogP contribution in [0.5, 0.6) is 0 Å². The van der Waals surface area contributed by atoms with Crippen LogP contribution in [0.2, 0.25) is 5.02 Å². The van der Waals surface area contributed by atoms with E-state index in [2.05, 4.69) is 4.98 Å². The molecule has 24 heavy (non-hydrogen) atoms. The molecule has 0 aliphatic heterocycles. The van der Waals surface area contributed by atoms with Gasteiger partial charge in [0.15, 0.2) is 5.58 Å². The van der Waals surface area contributed by atoms with Crippen LogP contribution >= 0.6 is 23.4 Å². The van der Waals surface area contributed by atoms with Gasteiger partial charge in [0.25, 0.3) is 5.22 Å². The molecule has 0 aliphatic carbocycles. The summed E-state index contributed by atoms with van der Waals surface area (Å²) in [7, 11) is -4.57. The quantitative estimate of drug-likeness (QED) is 0.588. The zero-order valence-corrected chi connectivity index (χ0v) is 14.3. The van der Waals surface area contributed by atoms with Crippen LogP contribution in [-0.4, -0.2) is 19.2 Å². The highest BCUT2D eigenvalue weighted by Gasteiger charge is 2.26. The molecule has 0 bridgehead atoms. The number of aromatic nitrogens is 1. The molecule has 3 aromatic rings. The van der Waals surface area contributed by atoms with Crippen LogP contribution in [0.4, 0.5) is 8.78 Å². The van der Waals surface area contributed by atoms with Gasteiger partial charge in [0.1, 0.15) is 5.52 Å². The third-order valence-corrected chi connectivity index (χ3v) is 5.71. The van der Waals surface area contributed by atoms with E-state index >= 15 is 0 Å². The fourth-order valence-corrected chi connectivity index (χ4v) is 3.65. The van der Waals surface area contributed by atoms with Crippen LogP contribution in [-0.2, 0) is 15.6 Å². The van der Waals surface area contributed by atoms with Gasteiger partial charge in [-0.3, -0.25) is 0 Å². The molecule has 0 radical (unpaired) electrons. The molecule has 0 spiro atoms. The van der Waals surface area contributed by atoms with E-state index in [1.165, 1.54) is 36.0 Å². The molecule has 1 heterocycles. The number of sulfone groups is 1. The number of fused-ring (bicyclic) bond motifs is 1. The standard InChI is InChI=1S/C15H10ClF2NO3S2/c16-10-3-6-13-12(7-10)19-15(22-13)23-8-9-1-4-11(5-2-9)24(20,21)14(17)18/h1-7,14H,8H2. The van der Waals surface area contributed by atoms with Crippen molar-refractivity contribution in [2.24, 2.45) is 0 Å². The predicted molar refractivity (Wildman–Crippen MR) is 88.2 cm³/mol. The van der Waals surface area contributed by atoms with E-state index in [0.717, 1.165) is 5.56 Å². The maximum atomic E-state index is 12.5. The number of hydrogen-bond acceptors (Lipinski definition) is 5. The van der Waals surface area contributed by atoms with Gasteiger partial charge < -0.3 is 4.42 Å². The smallest absolute Gasteiger partial charge is 0.341 e. The molecule has 2 aromatic carbocycles. The molecule has 9 heteroatoms. The Kier molecular flexibility index (Phi) is 4.80. The number of alkyl halides is 2. The molecule has 4 nitrogen and oxygen atoms in total. The summed E-state index contributed by atoms with van der Waals surface area (Å²) < 4.78 is 53.2. The fraction of sp³-hybridized carbons (Fsp3) is 0.133. The van der Waals surface area contributed by atoms with E-state index in [-0.39, 0.29) is 0 Å². The van der Waals surface area contributed by atoms with E-state index in [0.29, 0.717) is 27.1 Å². The second-order valence-electron chi connectivity index (χ2n) is 4.83. The minimum absolute atomic E-state index is 0.400. The van der Waals surface area contributed by atoms with Crippen LogP contribution in [0, 0.1) is 0 Å². The summed E-state index contributed by atoms with van der Waals surface area (Å²) in [5.74, 6) is -2.97. The number of thioether (sulfide) groups is 1. The zero-order valence-electron chi connectivity index (χ0n) is 11.9. The lowest BCUT2D eigenvalue weighted by atomic mass is 10.2. The van der Waals surface area contributed by atoms with Gasteiger partial charge in [0, 0.05) is 10.8 Å². The monoisotopic (exact) mass is 389 g/mol. The highest BCUT2D eigenvalue weighted by atomic mass is 35.5. The number of benzene rings is 2. The Bertz CT molecular complexity index is 972. The van der Waals surface area contributed by atoms with Crippen molar-refractivity contribution in [3.8, 4) is 0 Å². The Morgan fingerprint density at radius 1 is 1.17 bits per heavy atom. The molecule has 0 aliphatic rings. The first-order valence-electron chi connectivity index (χ1n) is 6.66. The molecule has 0 amide bonds. The van der Waals surface area contributed by atoms with Crippen LogP contribution in [0.15, 0.2) is 57.0 Å². The Labute approximate surface area is 145 Å². The molecule has 0 unspecified atom stereocenters. The molecule has 0 saturated heterocycles. The van der Waals surface area contributed by atoms with Crippen molar-refractivity contribution in [2.45, 2.75) is 21.6 Å². The average molecular weight is 390 g/mol. The van der Waals surface area contributed by atoms with Gasteiger partial charge in [-0.25, -0.2) is 13.4 Å². The van der Waals surface area contributed by atoms with Crippen LogP contribution < -0.4 is 0 Å². The van der Waals surface area contributed by atoms with E-state index < -0.39 is 20.5 Å². The molecule has 126 valence electrons. The second-order valence-corrected chi connectivity index (χ2v) is 8.11. The third-order valence-electron chi connectivity index (χ3n) is 3.18. The summed E-state index contributed by atoms with van der Waals surface area (Å²) in [5.41, 5.74) is 2.01. The first kappa shape index (κ1) is 17.2. The van der Waals surface area contributed by atoms with Crippen molar-refractivity contribution in [3.05, 3.63) is 53.1 Å². The molecule has 0 saturated carbocycles. The Hall–Kier alpha value is -1.64. The van der Waals surface area contributed by atoms with Crippen LogP contribution in [0.25, 0.3) is 11.1 Å². The van der Waals surface area contributed by atoms with Gasteiger partial charge in [-0.15, -0.1) is 0 Å². The summed E-state index contributed by atoms with van der Waals surface area (Å²) in [5, 5.41) is 1.000. The van der Waals surface area contributed by atoms with Gasteiger partial charge in [-0.2, -0.15) is 8.78 Å². The van der Waals surface area contributed by atoms with E-state index in [4.69, 9.17) is 16.0 Å². The average Bonchev–Trinajstić information content (AvgIpc) is 2.95. The second kappa shape index (κ2) is 6.70. The molecule has 0 fully saturated rings. The lowest BCUT2D eigenvalue weighted by Gasteiger charge is -2.04. The van der Waals surface area contributed by atoms with Crippen molar-refractivity contribution in [1.82, 2.24) is 4.98 Å². The maximum Gasteiger partial charge on any atom is 0.341 e. The lowest BCUT2D eigenvalue weighted by molar-refractivity contribution is 0.234. The van der Waals surface area contributed by atoms with Gasteiger partial charge in [0.05, 0.1) is 4.90 Å². The Balaban J connectivity index is 1.72. The van der Waals surface area contributed by atoms with Gasteiger partial charge in [-0.05, 0) is 35.9 Å². The number of hydrogen-bond donors (Lipinski definition) is 0. The molecular weight excluding hydrogens is 380 g/mol. The number of nitrogens with zero attached hydrogens (tertiary/aromatic N) is 1. The molecule has 3 rings (SSSR count). The highest BCUT2D eigenvalue weighted by molar-refractivity contribution is 7.98. The van der Waals surface area contributed by atoms with Crippen molar-refractivity contribution < 1.29 is 21.6 Å². The van der Waals surface area contributed by atoms with Gasteiger partial charge in [-0.1, -0.05) is 35.5 Å². The zero-order chi connectivity index (χ0) is 17.3. The van der Waals surface area contributed by atoms with Crippen molar-refractivity contribution >= 4 is 44.3 Å². The summed E-state index contributed by atoms with van der Waals surface area (Å²) in [6.45, 7) is 0. The first-order valence-corrected chi connectivity index (χ1v) is 9.57.